The molecule has 1 saturated heterocycles. The molecule has 2 rings (SSSR count). The second-order valence-corrected chi connectivity index (χ2v) is 7.41. The van der Waals surface area contributed by atoms with Gasteiger partial charge >= 0.3 is 0 Å². The zero-order valence-corrected chi connectivity index (χ0v) is 13.1. The molecule has 0 amide bonds. The van der Waals surface area contributed by atoms with Crippen molar-refractivity contribution in [1.29, 1.82) is 0 Å². The van der Waals surface area contributed by atoms with Crippen molar-refractivity contribution < 1.29 is 8.42 Å². The van der Waals surface area contributed by atoms with Crippen LogP contribution in [-0.2, 0) is 10.0 Å². The molecule has 6 nitrogen and oxygen atoms in total. The van der Waals surface area contributed by atoms with E-state index in [9.17, 15) is 8.42 Å². The summed E-state index contributed by atoms with van der Waals surface area (Å²) in [5, 5.41) is 3.34. The summed E-state index contributed by atoms with van der Waals surface area (Å²) in [6.07, 6.45) is 4.80. The van der Waals surface area contributed by atoms with Crippen LogP contribution in [0.15, 0.2) is 6.20 Å². The van der Waals surface area contributed by atoms with Crippen molar-refractivity contribution in [3.63, 3.8) is 0 Å². The number of hydrogen-bond acceptors (Lipinski definition) is 5. The van der Waals surface area contributed by atoms with Gasteiger partial charge in [-0.25, -0.2) is 17.7 Å². The highest BCUT2D eigenvalue weighted by molar-refractivity contribution is 7.88. The number of sulfonamides is 1. The van der Waals surface area contributed by atoms with Crippen molar-refractivity contribution in [2.75, 3.05) is 31.2 Å². The van der Waals surface area contributed by atoms with Gasteiger partial charge in [0, 0.05) is 25.8 Å². The molecule has 0 spiro atoms. The highest BCUT2D eigenvalue weighted by Gasteiger charge is 2.24. The van der Waals surface area contributed by atoms with Crippen LogP contribution in [0.1, 0.15) is 24.2 Å². The van der Waals surface area contributed by atoms with Gasteiger partial charge in [-0.15, -0.1) is 0 Å². The average Bonchev–Trinajstić information content (AvgIpc) is 2.39. The first-order valence-electron chi connectivity index (χ1n) is 6.85. The third kappa shape index (κ3) is 3.89. The fourth-order valence-electron chi connectivity index (χ4n) is 2.39. The Morgan fingerprint density at radius 2 is 2.00 bits per heavy atom. The van der Waals surface area contributed by atoms with Crippen molar-refractivity contribution in [2.45, 2.75) is 26.7 Å². The first-order chi connectivity index (χ1) is 9.36. The van der Waals surface area contributed by atoms with E-state index in [4.69, 9.17) is 0 Å². The van der Waals surface area contributed by atoms with E-state index in [1.165, 1.54) is 6.26 Å². The summed E-state index contributed by atoms with van der Waals surface area (Å²) < 4.78 is 24.4. The molecule has 1 aromatic heterocycles. The topological polar surface area (TPSA) is 75.2 Å². The van der Waals surface area contributed by atoms with Gasteiger partial charge in [-0.1, -0.05) is 0 Å². The zero-order valence-electron chi connectivity index (χ0n) is 12.3. The molecule has 1 aliphatic rings. The molecule has 112 valence electrons. The largest absolute Gasteiger partial charge is 0.368 e. The normalized spacial score (nSPS) is 18.1. The summed E-state index contributed by atoms with van der Waals surface area (Å²) in [5.41, 5.74) is 1.79. The Labute approximate surface area is 120 Å². The average molecular weight is 298 g/mol. The van der Waals surface area contributed by atoms with E-state index in [2.05, 4.69) is 15.3 Å². The minimum absolute atomic E-state index is 0.481. The van der Waals surface area contributed by atoms with Gasteiger partial charge < -0.3 is 5.32 Å². The lowest BCUT2D eigenvalue weighted by Crippen LogP contribution is -2.39. The van der Waals surface area contributed by atoms with Crippen molar-refractivity contribution in [3.8, 4) is 0 Å². The number of aryl methyl sites for hydroxylation is 2. The number of anilines is 1. The summed E-state index contributed by atoms with van der Waals surface area (Å²) in [6.45, 7) is 5.90. The predicted octanol–water partition coefficient (Wildman–Crippen LogP) is 1.18. The number of piperidine rings is 1. The molecule has 0 unspecified atom stereocenters. The molecule has 0 saturated carbocycles. The van der Waals surface area contributed by atoms with E-state index in [1.54, 1.807) is 10.5 Å². The number of hydrogen-bond donors (Lipinski definition) is 1. The third-order valence-electron chi connectivity index (χ3n) is 3.68. The fourth-order valence-corrected chi connectivity index (χ4v) is 3.27. The molecule has 1 fully saturated rings. The van der Waals surface area contributed by atoms with E-state index in [-0.39, 0.29) is 0 Å². The predicted molar refractivity (Wildman–Crippen MR) is 79.1 cm³/mol. The lowest BCUT2D eigenvalue weighted by atomic mass is 9.98. The second kappa shape index (κ2) is 6.05. The number of nitrogens with one attached hydrogen (secondary N) is 1. The summed E-state index contributed by atoms with van der Waals surface area (Å²) in [4.78, 5) is 8.71. The van der Waals surface area contributed by atoms with Gasteiger partial charge in [-0.05, 0) is 32.6 Å². The summed E-state index contributed by atoms with van der Waals surface area (Å²) in [5.74, 6) is 1.31. The Hall–Kier alpha value is -1.21. The molecule has 0 bridgehead atoms. The minimum atomic E-state index is -3.04. The molecular weight excluding hydrogens is 276 g/mol. The molecule has 1 aliphatic heterocycles. The lowest BCUT2D eigenvalue weighted by molar-refractivity contribution is 0.283. The van der Waals surface area contributed by atoms with Crippen LogP contribution < -0.4 is 5.32 Å². The van der Waals surface area contributed by atoms with Crippen LogP contribution in [0.5, 0.6) is 0 Å². The monoisotopic (exact) mass is 298 g/mol. The zero-order chi connectivity index (χ0) is 14.8. The Morgan fingerprint density at radius 3 is 2.60 bits per heavy atom. The second-order valence-electron chi connectivity index (χ2n) is 5.43. The minimum Gasteiger partial charge on any atom is -0.368 e. The molecule has 1 N–H and O–H groups in total. The van der Waals surface area contributed by atoms with Crippen LogP contribution in [0, 0.1) is 19.8 Å². The van der Waals surface area contributed by atoms with E-state index < -0.39 is 10.0 Å². The van der Waals surface area contributed by atoms with Crippen LogP contribution in [-0.4, -0.2) is 48.6 Å². The standard InChI is InChI=1S/C13H22N4O2S/c1-10-8-14-11(2)13(16-10)15-9-12-4-6-17(7-5-12)20(3,18)19/h8,12H,4-7,9H2,1-3H3,(H,15,16). The molecule has 20 heavy (non-hydrogen) atoms. The van der Waals surface area contributed by atoms with E-state index >= 15 is 0 Å². The van der Waals surface area contributed by atoms with Gasteiger partial charge in [0.1, 0.15) is 5.82 Å². The Morgan fingerprint density at radius 1 is 1.35 bits per heavy atom. The molecule has 7 heteroatoms. The number of rotatable bonds is 4. The van der Waals surface area contributed by atoms with Crippen LogP contribution in [0.4, 0.5) is 5.82 Å². The highest BCUT2D eigenvalue weighted by atomic mass is 32.2. The van der Waals surface area contributed by atoms with E-state index in [1.807, 2.05) is 13.8 Å². The number of nitrogens with zero attached hydrogens (tertiary/aromatic N) is 3. The van der Waals surface area contributed by atoms with Gasteiger partial charge in [0.2, 0.25) is 10.0 Å². The fraction of sp³-hybridized carbons (Fsp3) is 0.692. The summed E-state index contributed by atoms with van der Waals surface area (Å²) in [6, 6.07) is 0. The van der Waals surface area contributed by atoms with E-state index in [0.717, 1.165) is 36.6 Å². The lowest BCUT2D eigenvalue weighted by Gasteiger charge is -2.30. The molecule has 0 aliphatic carbocycles. The smallest absolute Gasteiger partial charge is 0.211 e. The van der Waals surface area contributed by atoms with Crippen molar-refractivity contribution >= 4 is 15.8 Å². The van der Waals surface area contributed by atoms with Crippen molar-refractivity contribution in [1.82, 2.24) is 14.3 Å². The first kappa shape index (κ1) is 15.2. The molecule has 0 radical (unpaired) electrons. The highest BCUT2D eigenvalue weighted by Crippen LogP contribution is 2.20. The quantitative estimate of drug-likeness (QED) is 0.903. The van der Waals surface area contributed by atoms with Gasteiger partial charge in [0.25, 0.3) is 0 Å². The van der Waals surface area contributed by atoms with Gasteiger partial charge in [0.15, 0.2) is 0 Å². The molecule has 0 aromatic carbocycles. The SMILES string of the molecule is Cc1cnc(C)c(NCC2CCN(S(C)(=O)=O)CC2)n1. The first-order valence-corrected chi connectivity index (χ1v) is 8.70. The maximum atomic E-state index is 11.4. The van der Waals surface area contributed by atoms with Gasteiger partial charge in [0.05, 0.1) is 17.6 Å². The Balaban J connectivity index is 1.86. The van der Waals surface area contributed by atoms with Crippen LogP contribution >= 0.6 is 0 Å². The van der Waals surface area contributed by atoms with E-state index in [0.29, 0.717) is 19.0 Å². The number of aromatic nitrogens is 2. The Bertz CT molecular complexity index is 566. The maximum absolute atomic E-state index is 11.4. The molecule has 1 aromatic rings. The van der Waals surface area contributed by atoms with Gasteiger partial charge in [-0.2, -0.15) is 0 Å². The molecule has 0 atom stereocenters. The van der Waals surface area contributed by atoms with Crippen molar-refractivity contribution in [3.05, 3.63) is 17.6 Å². The van der Waals surface area contributed by atoms with Crippen LogP contribution in [0.3, 0.4) is 0 Å². The Kier molecular flexibility index (Phi) is 4.59. The third-order valence-corrected chi connectivity index (χ3v) is 4.98. The van der Waals surface area contributed by atoms with Crippen molar-refractivity contribution in [2.24, 2.45) is 5.92 Å². The summed E-state index contributed by atoms with van der Waals surface area (Å²) >= 11 is 0. The summed E-state index contributed by atoms with van der Waals surface area (Å²) in [7, 11) is -3.04. The van der Waals surface area contributed by atoms with Crippen LogP contribution in [0.2, 0.25) is 0 Å². The van der Waals surface area contributed by atoms with Gasteiger partial charge in [-0.3, -0.25) is 4.98 Å². The maximum Gasteiger partial charge on any atom is 0.211 e. The molecule has 2 heterocycles. The van der Waals surface area contributed by atoms with Crippen LogP contribution in [0.25, 0.3) is 0 Å². The molecular formula is C13H22N4O2S.